The monoisotopic (exact) mass is 416 g/mol. The molecule has 1 amide bonds. The van der Waals surface area contributed by atoms with Crippen LogP contribution in [0.1, 0.15) is 22.6 Å². The highest BCUT2D eigenvalue weighted by Crippen LogP contribution is 2.38. The molecule has 0 saturated heterocycles. The lowest BCUT2D eigenvalue weighted by molar-refractivity contribution is 0.213. The van der Waals surface area contributed by atoms with Gasteiger partial charge in [0.2, 0.25) is 5.88 Å². The molecule has 2 heterocycles. The minimum atomic E-state index is -0.596. The van der Waals surface area contributed by atoms with Crippen molar-refractivity contribution in [3.05, 3.63) is 75.7 Å². The summed E-state index contributed by atoms with van der Waals surface area (Å²) in [6, 6.07) is 11.5. The molecule has 1 aromatic heterocycles. The van der Waals surface area contributed by atoms with E-state index in [1.165, 1.54) is 12.5 Å². The van der Waals surface area contributed by atoms with Crippen molar-refractivity contribution in [1.29, 1.82) is 0 Å². The molecule has 6 nitrogen and oxygen atoms in total. The highest BCUT2D eigenvalue weighted by Gasteiger charge is 2.27. The first-order valence-corrected chi connectivity index (χ1v) is 9.49. The van der Waals surface area contributed by atoms with Crippen molar-refractivity contribution in [2.24, 2.45) is 0 Å². The summed E-state index contributed by atoms with van der Waals surface area (Å²) in [4.78, 5) is 20.7. The number of imidazole rings is 1. The Morgan fingerprint density at radius 3 is 2.79 bits per heavy atom. The number of carbonyl (C=O) groups excluding carboxylic acids is 1. The molecular formula is C20H18Cl2N4O2. The van der Waals surface area contributed by atoms with Crippen LogP contribution in [0.5, 0.6) is 5.88 Å². The number of likely N-dealkylation sites (N-methyl/N-ethyl adjacent to an activating group) is 1. The van der Waals surface area contributed by atoms with Gasteiger partial charge in [0, 0.05) is 34.7 Å². The second kappa shape index (κ2) is 7.83. The molecular weight excluding hydrogens is 399 g/mol. The molecule has 1 unspecified atom stereocenters. The number of fused-ring (bicyclic) bond motifs is 1. The molecule has 0 aliphatic carbocycles. The van der Waals surface area contributed by atoms with Gasteiger partial charge in [0.15, 0.2) is 0 Å². The molecule has 0 bridgehead atoms. The number of aromatic amines is 1. The van der Waals surface area contributed by atoms with Crippen LogP contribution in [0, 0.1) is 0 Å². The molecule has 2 aromatic carbocycles. The zero-order valence-electron chi connectivity index (χ0n) is 15.1. The van der Waals surface area contributed by atoms with E-state index in [0.717, 1.165) is 29.8 Å². The maximum atomic E-state index is 11.9. The SMILES string of the molecule is CN1Cc2c(Cl)cc(Cl)cc2C(c2ccc(NC(=O)Oc3c[nH]cn3)cc2)C1. The number of hydrogen-bond acceptors (Lipinski definition) is 4. The second-order valence-corrected chi connectivity index (χ2v) is 7.59. The maximum Gasteiger partial charge on any atom is 0.418 e. The number of anilines is 1. The third-order valence-electron chi connectivity index (χ3n) is 4.72. The number of benzene rings is 2. The Balaban J connectivity index is 1.54. The normalized spacial score (nSPS) is 16.5. The summed E-state index contributed by atoms with van der Waals surface area (Å²) >= 11 is 12.7. The Morgan fingerprint density at radius 1 is 1.29 bits per heavy atom. The number of nitrogens with zero attached hydrogens (tertiary/aromatic N) is 2. The van der Waals surface area contributed by atoms with Crippen molar-refractivity contribution in [3.8, 4) is 5.88 Å². The largest absolute Gasteiger partial charge is 0.418 e. The van der Waals surface area contributed by atoms with E-state index in [0.29, 0.717) is 15.7 Å². The Morgan fingerprint density at radius 2 is 2.07 bits per heavy atom. The van der Waals surface area contributed by atoms with E-state index >= 15 is 0 Å². The molecule has 0 radical (unpaired) electrons. The van der Waals surface area contributed by atoms with Crippen LogP contribution >= 0.6 is 23.2 Å². The minimum Gasteiger partial charge on any atom is -0.389 e. The van der Waals surface area contributed by atoms with Crippen LogP contribution in [0.25, 0.3) is 0 Å². The number of amides is 1. The van der Waals surface area contributed by atoms with Crippen molar-refractivity contribution in [3.63, 3.8) is 0 Å². The summed E-state index contributed by atoms with van der Waals surface area (Å²) in [5.74, 6) is 0.361. The molecule has 2 N–H and O–H groups in total. The van der Waals surface area contributed by atoms with Crippen LogP contribution in [0.4, 0.5) is 10.5 Å². The van der Waals surface area contributed by atoms with E-state index in [2.05, 4.69) is 27.2 Å². The Labute approximate surface area is 172 Å². The summed E-state index contributed by atoms with van der Waals surface area (Å²) in [6.07, 6.45) is 2.34. The van der Waals surface area contributed by atoms with Crippen LogP contribution in [-0.4, -0.2) is 34.6 Å². The summed E-state index contributed by atoms with van der Waals surface area (Å²) < 4.78 is 5.06. The van der Waals surface area contributed by atoms with Crippen molar-refractivity contribution < 1.29 is 9.53 Å². The number of rotatable bonds is 3. The average molecular weight is 417 g/mol. The maximum absolute atomic E-state index is 11.9. The number of halogens is 2. The van der Waals surface area contributed by atoms with Gasteiger partial charge in [-0.3, -0.25) is 5.32 Å². The topological polar surface area (TPSA) is 70.2 Å². The first-order valence-electron chi connectivity index (χ1n) is 8.73. The van der Waals surface area contributed by atoms with E-state index in [4.69, 9.17) is 27.9 Å². The highest BCUT2D eigenvalue weighted by molar-refractivity contribution is 6.35. The molecule has 1 aliphatic rings. The van der Waals surface area contributed by atoms with Crippen molar-refractivity contribution in [2.45, 2.75) is 12.5 Å². The lowest BCUT2D eigenvalue weighted by Crippen LogP contribution is -2.31. The van der Waals surface area contributed by atoms with Gasteiger partial charge in [0.05, 0.1) is 12.5 Å². The van der Waals surface area contributed by atoms with Crippen LogP contribution in [0.2, 0.25) is 10.0 Å². The molecule has 4 rings (SSSR count). The zero-order valence-corrected chi connectivity index (χ0v) is 16.6. The Kier molecular flexibility index (Phi) is 5.26. The summed E-state index contributed by atoms with van der Waals surface area (Å²) in [5.41, 5.74) is 4.01. The number of aromatic nitrogens is 2. The predicted octanol–water partition coefficient (Wildman–Crippen LogP) is 4.90. The Bertz CT molecular complexity index is 990. The number of carbonyl (C=O) groups is 1. The second-order valence-electron chi connectivity index (χ2n) is 6.75. The zero-order chi connectivity index (χ0) is 19.7. The number of H-pyrrole nitrogens is 1. The van der Waals surface area contributed by atoms with E-state index in [1.807, 2.05) is 30.3 Å². The quantitative estimate of drug-likeness (QED) is 0.636. The molecule has 144 valence electrons. The van der Waals surface area contributed by atoms with E-state index in [9.17, 15) is 4.79 Å². The van der Waals surface area contributed by atoms with Gasteiger partial charge in [-0.25, -0.2) is 9.78 Å². The van der Waals surface area contributed by atoms with Crippen molar-refractivity contribution >= 4 is 35.0 Å². The van der Waals surface area contributed by atoms with Crippen molar-refractivity contribution in [2.75, 3.05) is 18.9 Å². The molecule has 1 aliphatic heterocycles. The van der Waals surface area contributed by atoms with E-state index in [-0.39, 0.29) is 11.8 Å². The van der Waals surface area contributed by atoms with Gasteiger partial charge in [-0.15, -0.1) is 0 Å². The lowest BCUT2D eigenvalue weighted by atomic mass is 9.85. The van der Waals surface area contributed by atoms with Gasteiger partial charge in [-0.2, -0.15) is 0 Å². The fourth-order valence-electron chi connectivity index (χ4n) is 3.47. The molecule has 3 aromatic rings. The fourth-order valence-corrected chi connectivity index (χ4v) is 4.04. The molecule has 0 spiro atoms. The standard InChI is InChI=1S/C20H18Cl2N4O2/c1-26-9-16(15-6-13(21)7-18(22)17(15)10-26)12-2-4-14(5-3-12)25-20(27)28-19-8-23-11-24-19/h2-8,11,16H,9-10H2,1H3,(H,23,24)(H,25,27). The summed E-state index contributed by atoms with van der Waals surface area (Å²) in [6.45, 7) is 1.65. The summed E-state index contributed by atoms with van der Waals surface area (Å²) in [7, 11) is 2.07. The van der Waals surface area contributed by atoms with Crippen molar-refractivity contribution in [1.82, 2.24) is 14.9 Å². The lowest BCUT2D eigenvalue weighted by Gasteiger charge is -2.33. The minimum absolute atomic E-state index is 0.148. The molecule has 1 atom stereocenters. The number of nitrogens with one attached hydrogen (secondary N) is 2. The number of ether oxygens (including phenoxy) is 1. The number of hydrogen-bond donors (Lipinski definition) is 2. The van der Waals surface area contributed by atoms with Crippen LogP contribution in [0.15, 0.2) is 48.9 Å². The third kappa shape index (κ3) is 3.99. The first kappa shape index (κ1) is 18.8. The van der Waals surface area contributed by atoms with E-state index < -0.39 is 6.09 Å². The fraction of sp³-hybridized carbons (Fsp3) is 0.200. The van der Waals surface area contributed by atoms with Gasteiger partial charge in [-0.05, 0) is 48.0 Å². The molecule has 28 heavy (non-hydrogen) atoms. The smallest absolute Gasteiger partial charge is 0.389 e. The van der Waals surface area contributed by atoms with Gasteiger partial charge in [0.1, 0.15) is 0 Å². The molecule has 0 saturated carbocycles. The van der Waals surface area contributed by atoms with Gasteiger partial charge >= 0.3 is 6.09 Å². The van der Waals surface area contributed by atoms with E-state index in [1.54, 1.807) is 6.07 Å². The first-order chi connectivity index (χ1) is 13.5. The van der Waals surface area contributed by atoms with Gasteiger partial charge in [0.25, 0.3) is 0 Å². The van der Waals surface area contributed by atoms with Crippen LogP contribution in [-0.2, 0) is 6.54 Å². The molecule has 8 heteroatoms. The molecule has 0 fully saturated rings. The van der Waals surface area contributed by atoms with Crippen LogP contribution < -0.4 is 10.1 Å². The van der Waals surface area contributed by atoms with Gasteiger partial charge < -0.3 is 14.6 Å². The van der Waals surface area contributed by atoms with Gasteiger partial charge in [-0.1, -0.05) is 35.3 Å². The highest BCUT2D eigenvalue weighted by atomic mass is 35.5. The third-order valence-corrected chi connectivity index (χ3v) is 5.28. The van der Waals surface area contributed by atoms with Crippen LogP contribution in [0.3, 0.4) is 0 Å². The predicted molar refractivity (Wildman–Crippen MR) is 109 cm³/mol. The summed E-state index contributed by atoms with van der Waals surface area (Å²) in [5, 5.41) is 4.02. The average Bonchev–Trinajstić information content (AvgIpc) is 3.15. The Hall–Kier alpha value is -2.54.